The minimum Gasteiger partial charge on any atom is -0.338 e. The molecule has 1 saturated heterocycles. The average molecular weight is 344 g/mol. The lowest BCUT2D eigenvalue weighted by Gasteiger charge is -2.33. The van der Waals surface area contributed by atoms with Gasteiger partial charge in [0.2, 0.25) is 5.89 Å². The van der Waals surface area contributed by atoms with E-state index in [0.29, 0.717) is 30.7 Å². The normalized spacial score (nSPS) is 17.0. The smallest absolute Gasteiger partial charge is 0.274 e. The molecular formula is C17H24N6O2. The monoisotopic (exact) mass is 344 g/mol. The molecule has 2 aromatic heterocycles. The van der Waals surface area contributed by atoms with Gasteiger partial charge in [0.15, 0.2) is 5.82 Å². The van der Waals surface area contributed by atoms with Crippen LogP contribution in [-0.2, 0) is 0 Å². The Morgan fingerprint density at radius 2 is 2.04 bits per heavy atom. The second kappa shape index (κ2) is 7.69. The van der Waals surface area contributed by atoms with E-state index in [1.54, 1.807) is 12.4 Å². The summed E-state index contributed by atoms with van der Waals surface area (Å²) in [6, 6.07) is 0.308. The Bertz CT molecular complexity index is 694. The molecule has 0 spiro atoms. The molecule has 1 aliphatic heterocycles. The molecule has 0 aliphatic carbocycles. The molecule has 2 aromatic rings. The minimum absolute atomic E-state index is 0.00718. The van der Waals surface area contributed by atoms with Crippen molar-refractivity contribution in [3.63, 3.8) is 0 Å². The van der Waals surface area contributed by atoms with E-state index in [9.17, 15) is 4.79 Å². The van der Waals surface area contributed by atoms with E-state index in [2.05, 4.69) is 25.4 Å². The zero-order valence-electron chi connectivity index (χ0n) is 14.8. The molecule has 0 radical (unpaired) electrons. The lowest BCUT2D eigenvalue weighted by atomic mass is 10.0. The van der Waals surface area contributed by atoms with Gasteiger partial charge in [-0.25, -0.2) is 4.98 Å². The molecule has 1 aliphatic rings. The summed E-state index contributed by atoms with van der Waals surface area (Å²) in [7, 11) is 0. The van der Waals surface area contributed by atoms with Gasteiger partial charge in [0.05, 0.1) is 12.2 Å². The summed E-state index contributed by atoms with van der Waals surface area (Å²) in [5.74, 6) is 1.54. The van der Waals surface area contributed by atoms with Crippen LogP contribution in [0.2, 0.25) is 0 Å². The van der Waals surface area contributed by atoms with Crippen LogP contribution in [0.1, 0.15) is 67.8 Å². The number of nitrogens with one attached hydrogen (secondary N) is 1. The van der Waals surface area contributed by atoms with Crippen molar-refractivity contribution in [2.45, 2.75) is 51.6 Å². The molecule has 1 fully saturated rings. The third-order valence-electron chi connectivity index (χ3n) is 4.39. The number of aromatic nitrogens is 4. The molecule has 1 N–H and O–H groups in total. The summed E-state index contributed by atoms with van der Waals surface area (Å²) in [5, 5.41) is 7.53. The molecule has 8 heteroatoms. The highest BCUT2D eigenvalue weighted by Gasteiger charge is 2.26. The van der Waals surface area contributed by atoms with Crippen LogP contribution in [0.15, 0.2) is 23.1 Å². The Balaban J connectivity index is 1.51. The first-order chi connectivity index (χ1) is 12.0. The molecular weight excluding hydrogens is 320 g/mol. The standard InChI is InChI=1S/C17H24N6O2/c1-11(2)15-21-16(25-22-15)12(3)20-13-4-8-23(9-5-13)17(24)14-10-18-6-7-19-14/h6-7,10-13,20H,4-5,8-9H2,1-3H3. The van der Waals surface area contributed by atoms with Gasteiger partial charge >= 0.3 is 0 Å². The molecule has 1 amide bonds. The van der Waals surface area contributed by atoms with E-state index < -0.39 is 0 Å². The fraction of sp³-hybridized carbons (Fsp3) is 0.588. The second-order valence-electron chi connectivity index (χ2n) is 6.69. The van der Waals surface area contributed by atoms with Gasteiger partial charge in [-0.05, 0) is 19.8 Å². The maximum Gasteiger partial charge on any atom is 0.274 e. The van der Waals surface area contributed by atoms with Gasteiger partial charge in [-0.2, -0.15) is 4.98 Å². The van der Waals surface area contributed by atoms with E-state index in [1.165, 1.54) is 6.20 Å². The highest BCUT2D eigenvalue weighted by atomic mass is 16.5. The quantitative estimate of drug-likeness (QED) is 0.885. The second-order valence-corrected chi connectivity index (χ2v) is 6.69. The van der Waals surface area contributed by atoms with E-state index in [4.69, 9.17) is 4.52 Å². The van der Waals surface area contributed by atoms with Crippen LogP contribution in [0.25, 0.3) is 0 Å². The van der Waals surface area contributed by atoms with Crippen molar-refractivity contribution in [1.82, 2.24) is 30.3 Å². The third-order valence-corrected chi connectivity index (χ3v) is 4.39. The van der Waals surface area contributed by atoms with E-state index >= 15 is 0 Å². The topological polar surface area (TPSA) is 97.0 Å². The zero-order valence-corrected chi connectivity index (χ0v) is 14.8. The average Bonchev–Trinajstić information content (AvgIpc) is 3.13. The first kappa shape index (κ1) is 17.5. The van der Waals surface area contributed by atoms with Crippen LogP contribution in [0, 0.1) is 0 Å². The van der Waals surface area contributed by atoms with Gasteiger partial charge in [0, 0.05) is 37.4 Å². The van der Waals surface area contributed by atoms with Crippen LogP contribution in [-0.4, -0.2) is 50.0 Å². The summed E-state index contributed by atoms with van der Waals surface area (Å²) < 4.78 is 5.34. The number of likely N-dealkylation sites (tertiary alicyclic amines) is 1. The Morgan fingerprint density at radius 3 is 2.64 bits per heavy atom. The Morgan fingerprint density at radius 1 is 1.28 bits per heavy atom. The Hall–Kier alpha value is -2.35. The zero-order chi connectivity index (χ0) is 17.8. The molecule has 0 saturated carbocycles. The van der Waals surface area contributed by atoms with E-state index in [0.717, 1.165) is 18.7 Å². The molecule has 25 heavy (non-hydrogen) atoms. The first-order valence-electron chi connectivity index (χ1n) is 8.69. The van der Waals surface area contributed by atoms with Gasteiger partial charge in [0.25, 0.3) is 5.91 Å². The number of hydrogen-bond acceptors (Lipinski definition) is 7. The summed E-state index contributed by atoms with van der Waals surface area (Å²) in [6.45, 7) is 7.49. The highest BCUT2D eigenvalue weighted by molar-refractivity contribution is 5.92. The number of amides is 1. The molecule has 0 aromatic carbocycles. The number of piperidine rings is 1. The maximum absolute atomic E-state index is 12.4. The van der Waals surface area contributed by atoms with Crippen molar-refractivity contribution in [3.05, 3.63) is 36.0 Å². The summed E-state index contributed by atoms with van der Waals surface area (Å²) in [5.41, 5.74) is 0.398. The van der Waals surface area contributed by atoms with Crippen LogP contribution >= 0.6 is 0 Å². The van der Waals surface area contributed by atoms with Crippen molar-refractivity contribution in [1.29, 1.82) is 0 Å². The van der Waals surface area contributed by atoms with E-state index in [1.807, 2.05) is 25.7 Å². The van der Waals surface area contributed by atoms with Gasteiger partial charge in [0.1, 0.15) is 5.69 Å². The fourth-order valence-electron chi connectivity index (χ4n) is 2.90. The Labute approximate surface area is 147 Å². The molecule has 8 nitrogen and oxygen atoms in total. The van der Waals surface area contributed by atoms with Crippen molar-refractivity contribution >= 4 is 5.91 Å². The fourth-order valence-corrected chi connectivity index (χ4v) is 2.90. The molecule has 1 unspecified atom stereocenters. The van der Waals surface area contributed by atoms with Crippen molar-refractivity contribution in [3.8, 4) is 0 Å². The summed E-state index contributed by atoms with van der Waals surface area (Å²) in [4.78, 5) is 26.7. The number of carbonyl (C=O) groups excluding carboxylic acids is 1. The third kappa shape index (κ3) is 4.19. The predicted molar refractivity (Wildman–Crippen MR) is 90.9 cm³/mol. The number of carbonyl (C=O) groups is 1. The van der Waals surface area contributed by atoms with Crippen molar-refractivity contribution < 1.29 is 9.32 Å². The van der Waals surface area contributed by atoms with Crippen LogP contribution in [0.4, 0.5) is 0 Å². The SMILES string of the molecule is CC(C)c1noc(C(C)NC2CCN(C(=O)c3cnccn3)CC2)n1. The molecule has 0 bridgehead atoms. The van der Waals surface area contributed by atoms with Gasteiger partial charge in [-0.3, -0.25) is 9.78 Å². The predicted octanol–water partition coefficient (Wildman–Crippen LogP) is 1.94. The molecule has 1 atom stereocenters. The van der Waals surface area contributed by atoms with Crippen LogP contribution in [0.3, 0.4) is 0 Å². The van der Waals surface area contributed by atoms with Crippen molar-refractivity contribution in [2.24, 2.45) is 0 Å². The largest absolute Gasteiger partial charge is 0.338 e. The number of rotatable bonds is 5. The molecule has 3 heterocycles. The van der Waals surface area contributed by atoms with Gasteiger partial charge in [-0.15, -0.1) is 0 Å². The molecule has 134 valence electrons. The lowest BCUT2D eigenvalue weighted by molar-refractivity contribution is 0.0694. The number of nitrogens with zero attached hydrogens (tertiary/aromatic N) is 5. The first-order valence-corrected chi connectivity index (χ1v) is 8.69. The summed E-state index contributed by atoms with van der Waals surface area (Å²) >= 11 is 0. The highest BCUT2D eigenvalue weighted by Crippen LogP contribution is 2.19. The van der Waals surface area contributed by atoms with Crippen LogP contribution < -0.4 is 5.32 Å². The number of hydrogen-bond donors (Lipinski definition) is 1. The summed E-state index contributed by atoms with van der Waals surface area (Å²) in [6.07, 6.45) is 6.37. The Kier molecular flexibility index (Phi) is 5.37. The lowest BCUT2D eigenvalue weighted by Crippen LogP contribution is -2.45. The van der Waals surface area contributed by atoms with Gasteiger partial charge < -0.3 is 14.7 Å². The van der Waals surface area contributed by atoms with Crippen molar-refractivity contribution in [2.75, 3.05) is 13.1 Å². The minimum atomic E-state index is -0.0573. The maximum atomic E-state index is 12.4. The van der Waals surface area contributed by atoms with Gasteiger partial charge in [-0.1, -0.05) is 19.0 Å². The van der Waals surface area contributed by atoms with E-state index in [-0.39, 0.29) is 17.9 Å². The van der Waals surface area contributed by atoms with Crippen LogP contribution in [0.5, 0.6) is 0 Å². The molecule has 3 rings (SSSR count).